The Balaban J connectivity index is 2.48. The van der Waals surface area contributed by atoms with E-state index in [1.165, 1.54) is 20.3 Å². The summed E-state index contributed by atoms with van der Waals surface area (Å²) >= 11 is 20.9. The zero-order valence-electron chi connectivity index (χ0n) is 14.6. The Morgan fingerprint density at radius 2 is 1.71 bits per heavy atom. The molecule has 3 rings (SSSR count). The van der Waals surface area contributed by atoms with Gasteiger partial charge in [0.2, 0.25) is 5.78 Å². The van der Waals surface area contributed by atoms with Gasteiger partial charge in [-0.25, -0.2) is 0 Å². The van der Waals surface area contributed by atoms with Gasteiger partial charge in [0.15, 0.2) is 6.29 Å². The molecule has 3 aromatic rings. The molecular weight excluding hydrogens is 492 g/mol. The van der Waals surface area contributed by atoms with E-state index in [4.69, 9.17) is 44.3 Å². The number of Topliss-reactive ketones (excluding diaryl/α,β-unsaturated/α-hetero) is 1. The maximum absolute atomic E-state index is 12.8. The van der Waals surface area contributed by atoms with E-state index in [0.29, 0.717) is 23.0 Å². The van der Waals surface area contributed by atoms with E-state index < -0.39 is 9.58 Å². The number of nitrogens with one attached hydrogen (secondary N) is 1. The van der Waals surface area contributed by atoms with Gasteiger partial charge in [-0.15, -0.1) is 0 Å². The van der Waals surface area contributed by atoms with E-state index in [1.807, 2.05) is 24.3 Å². The summed E-state index contributed by atoms with van der Waals surface area (Å²) in [5, 5.41) is 0.505. The number of benzene rings is 2. The van der Waals surface area contributed by atoms with Gasteiger partial charge in [0.1, 0.15) is 11.5 Å². The van der Waals surface area contributed by atoms with E-state index in [9.17, 15) is 9.59 Å². The summed E-state index contributed by atoms with van der Waals surface area (Å²) in [6.45, 7) is 0. The van der Waals surface area contributed by atoms with Crippen molar-refractivity contribution in [2.24, 2.45) is 0 Å². The van der Waals surface area contributed by atoms with Crippen LogP contribution in [0.1, 0.15) is 20.8 Å². The van der Waals surface area contributed by atoms with Gasteiger partial charge in [0.05, 0.1) is 36.4 Å². The van der Waals surface area contributed by atoms with Crippen LogP contribution >= 0.6 is 50.7 Å². The van der Waals surface area contributed by atoms with Crippen LogP contribution < -0.4 is 9.47 Å². The third kappa shape index (κ3) is 3.62. The topological polar surface area (TPSA) is 68.4 Å². The third-order valence-corrected chi connectivity index (χ3v) is 5.25. The second-order valence-corrected chi connectivity index (χ2v) is 8.97. The lowest BCUT2D eigenvalue weighted by molar-refractivity contribution is 0.0994. The minimum Gasteiger partial charge on any atom is -0.496 e. The minimum atomic E-state index is -2.21. The second kappa shape index (κ2) is 7.95. The number of halogens is 4. The molecule has 0 atom stereocenters. The Labute approximate surface area is 184 Å². The van der Waals surface area contributed by atoms with Gasteiger partial charge < -0.3 is 14.5 Å². The fraction of sp³-hybridized carbons (Fsp3) is 0.158. The molecule has 1 N–H and O–H groups in total. The van der Waals surface area contributed by atoms with E-state index >= 15 is 0 Å². The lowest BCUT2D eigenvalue weighted by Gasteiger charge is -2.16. The molecule has 0 spiro atoms. The van der Waals surface area contributed by atoms with Crippen LogP contribution in [0.15, 0.2) is 34.8 Å². The van der Waals surface area contributed by atoms with Crippen molar-refractivity contribution in [2.45, 2.75) is 3.79 Å². The Bertz CT molecular complexity index is 1070. The lowest BCUT2D eigenvalue weighted by atomic mass is 9.98. The Morgan fingerprint density at radius 3 is 2.21 bits per heavy atom. The molecule has 5 nitrogen and oxygen atoms in total. The second-order valence-electron chi connectivity index (χ2n) is 5.77. The molecule has 0 saturated heterocycles. The van der Waals surface area contributed by atoms with Crippen molar-refractivity contribution in [1.29, 1.82) is 0 Å². The maximum Gasteiger partial charge on any atom is 0.253 e. The molecule has 28 heavy (non-hydrogen) atoms. The quantitative estimate of drug-likeness (QED) is 0.263. The number of H-pyrrole nitrogens is 1. The highest BCUT2D eigenvalue weighted by molar-refractivity contribution is 9.10. The molecular formula is C19H13BrCl3NO4. The number of alkyl halides is 3. The van der Waals surface area contributed by atoms with E-state index in [0.717, 1.165) is 10.0 Å². The van der Waals surface area contributed by atoms with E-state index in [-0.39, 0.29) is 22.5 Å². The van der Waals surface area contributed by atoms with Gasteiger partial charge >= 0.3 is 0 Å². The van der Waals surface area contributed by atoms with Crippen LogP contribution in [0.25, 0.3) is 22.0 Å². The fourth-order valence-electron chi connectivity index (χ4n) is 3.03. The molecule has 0 fully saturated rings. The normalized spacial score (nSPS) is 11.5. The van der Waals surface area contributed by atoms with Crippen molar-refractivity contribution >= 4 is 73.7 Å². The predicted octanol–water partition coefficient (Wildman–Crippen LogP) is 5.98. The van der Waals surface area contributed by atoms with Crippen LogP contribution in [0.3, 0.4) is 0 Å². The number of carbonyl (C=O) groups is 2. The highest BCUT2D eigenvalue weighted by Crippen LogP contribution is 2.45. The van der Waals surface area contributed by atoms with Crippen LogP contribution in [0, 0.1) is 0 Å². The van der Waals surface area contributed by atoms with Crippen LogP contribution in [0.4, 0.5) is 0 Å². The molecule has 0 aliphatic heterocycles. The van der Waals surface area contributed by atoms with Crippen LogP contribution in [-0.2, 0) is 0 Å². The maximum atomic E-state index is 12.8. The first-order valence-electron chi connectivity index (χ1n) is 7.86. The van der Waals surface area contributed by atoms with Gasteiger partial charge in [0, 0.05) is 16.1 Å². The Morgan fingerprint density at radius 1 is 1.11 bits per heavy atom. The number of aromatic amines is 1. The molecule has 0 aliphatic carbocycles. The molecule has 0 amide bonds. The predicted molar refractivity (Wildman–Crippen MR) is 115 cm³/mol. The molecule has 146 valence electrons. The summed E-state index contributed by atoms with van der Waals surface area (Å²) in [6.07, 6.45) is 0.660. The summed E-state index contributed by atoms with van der Waals surface area (Å²) in [4.78, 5) is 27.6. The van der Waals surface area contributed by atoms with Crippen molar-refractivity contribution in [2.75, 3.05) is 14.2 Å². The fourth-order valence-corrected chi connectivity index (χ4v) is 3.58. The molecule has 1 aromatic heterocycles. The van der Waals surface area contributed by atoms with E-state index in [2.05, 4.69) is 20.9 Å². The Hall–Kier alpha value is -1.73. The number of hydrogen-bond acceptors (Lipinski definition) is 4. The number of fused-ring (bicyclic) bond motifs is 1. The molecule has 0 unspecified atom stereocenters. The monoisotopic (exact) mass is 503 g/mol. The van der Waals surface area contributed by atoms with E-state index in [1.54, 1.807) is 0 Å². The standard InChI is InChI=1S/C19H13BrCl3NO4/c1-27-12-7-13(28-2)16(18(26)19(21,22)23)17-15(12)14(11(8-25)24-17)9-3-5-10(20)6-4-9/h3-8,24H,1-2H3. The van der Waals surface area contributed by atoms with Crippen LogP contribution in [0.2, 0.25) is 0 Å². The van der Waals surface area contributed by atoms with Crippen LogP contribution in [0.5, 0.6) is 11.5 Å². The molecule has 0 aliphatic rings. The first-order valence-corrected chi connectivity index (χ1v) is 9.78. The molecule has 9 heteroatoms. The van der Waals surface area contributed by atoms with Crippen molar-refractivity contribution in [3.05, 3.63) is 46.1 Å². The first-order chi connectivity index (χ1) is 13.2. The SMILES string of the molecule is COc1cc(OC)c2c(-c3ccc(Br)cc3)c(C=O)[nH]c2c1C(=O)C(Cl)(Cl)Cl. The lowest BCUT2D eigenvalue weighted by Crippen LogP contribution is -2.20. The number of methoxy groups -OCH3 is 2. The average molecular weight is 506 g/mol. The van der Waals surface area contributed by atoms with Crippen LogP contribution in [-0.4, -0.2) is 35.1 Å². The third-order valence-electron chi connectivity index (χ3n) is 4.21. The molecule has 2 aromatic carbocycles. The largest absolute Gasteiger partial charge is 0.496 e. The molecule has 0 saturated carbocycles. The molecule has 0 radical (unpaired) electrons. The number of ether oxygens (including phenoxy) is 2. The summed E-state index contributed by atoms with van der Waals surface area (Å²) in [5.74, 6) is -0.236. The zero-order chi connectivity index (χ0) is 20.6. The van der Waals surface area contributed by atoms with Gasteiger partial charge in [0.25, 0.3) is 3.79 Å². The minimum absolute atomic E-state index is 0.0183. The Kier molecular flexibility index (Phi) is 5.96. The zero-order valence-corrected chi connectivity index (χ0v) is 18.5. The number of ketones is 1. The summed E-state index contributed by atoms with van der Waals surface area (Å²) in [6, 6.07) is 8.87. The number of carbonyl (C=O) groups excluding carboxylic acids is 2. The van der Waals surface area contributed by atoms with Crippen molar-refractivity contribution < 1.29 is 19.1 Å². The first kappa shape index (κ1) is 21.0. The van der Waals surface area contributed by atoms with Gasteiger partial charge in [-0.2, -0.15) is 0 Å². The summed E-state index contributed by atoms with van der Waals surface area (Å²) < 4.78 is 9.49. The number of aromatic nitrogens is 1. The highest BCUT2D eigenvalue weighted by Gasteiger charge is 2.37. The van der Waals surface area contributed by atoms with Crippen molar-refractivity contribution in [3.8, 4) is 22.6 Å². The number of aldehydes is 1. The smallest absolute Gasteiger partial charge is 0.253 e. The van der Waals surface area contributed by atoms with Gasteiger partial charge in [-0.05, 0) is 17.7 Å². The molecule has 0 bridgehead atoms. The highest BCUT2D eigenvalue weighted by atomic mass is 79.9. The number of rotatable bonds is 5. The number of hydrogen-bond donors (Lipinski definition) is 1. The van der Waals surface area contributed by atoms with Gasteiger partial charge in [-0.3, -0.25) is 9.59 Å². The van der Waals surface area contributed by atoms with Gasteiger partial charge in [-0.1, -0.05) is 62.9 Å². The van der Waals surface area contributed by atoms with Crippen molar-refractivity contribution in [3.63, 3.8) is 0 Å². The summed E-state index contributed by atoms with van der Waals surface area (Å²) in [5.41, 5.74) is 1.86. The van der Waals surface area contributed by atoms with Crippen molar-refractivity contribution in [1.82, 2.24) is 4.98 Å². The average Bonchev–Trinajstić information content (AvgIpc) is 3.05. The molecule has 1 heterocycles. The summed E-state index contributed by atoms with van der Waals surface area (Å²) in [7, 11) is 2.86.